The maximum atomic E-state index is 14.4. The summed E-state index contributed by atoms with van der Waals surface area (Å²) in [7, 11) is 2.03. The molecule has 0 spiro atoms. The van der Waals surface area contributed by atoms with Crippen LogP contribution in [0.3, 0.4) is 0 Å². The molecule has 0 aliphatic heterocycles. The van der Waals surface area contributed by atoms with Gasteiger partial charge in [-0.3, -0.25) is 0 Å². The number of halogens is 3. The van der Waals surface area contributed by atoms with Crippen molar-refractivity contribution in [3.05, 3.63) is 98.7 Å². The number of benzene rings is 3. The third-order valence-corrected chi connectivity index (χ3v) is 7.89. The maximum absolute atomic E-state index is 14.4. The monoisotopic (exact) mass is 470 g/mol. The Morgan fingerprint density at radius 3 is 2.23 bits per heavy atom. The zero-order valence-corrected chi connectivity index (χ0v) is 20.6. The molecule has 0 bridgehead atoms. The van der Waals surface area contributed by atoms with E-state index in [9.17, 15) is 13.2 Å². The second-order valence-electron chi connectivity index (χ2n) is 10.2. The zero-order chi connectivity index (χ0) is 24.8. The zero-order valence-electron chi connectivity index (χ0n) is 20.6. The number of aromatic nitrogens is 1. The first kappa shape index (κ1) is 22.1. The minimum absolute atomic E-state index is 0.382. The Morgan fingerprint density at radius 2 is 1.49 bits per heavy atom. The Labute approximate surface area is 203 Å². The molecule has 1 heterocycles. The van der Waals surface area contributed by atoms with Crippen molar-refractivity contribution in [1.29, 1.82) is 0 Å². The van der Waals surface area contributed by atoms with Crippen LogP contribution < -0.4 is 4.57 Å². The summed E-state index contributed by atoms with van der Waals surface area (Å²) in [5.74, 6) is 0. The topological polar surface area (TPSA) is 3.88 Å². The predicted molar refractivity (Wildman–Crippen MR) is 133 cm³/mol. The van der Waals surface area contributed by atoms with Crippen molar-refractivity contribution < 1.29 is 17.7 Å². The smallest absolute Gasteiger partial charge is 0.201 e. The molecule has 1 aromatic heterocycles. The minimum Gasteiger partial charge on any atom is -0.201 e. The summed E-state index contributed by atoms with van der Waals surface area (Å²) < 4.78 is 45.3. The third kappa shape index (κ3) is 3.19. The molecule has 2 aliphatic rings. The molecule has 4 heteroatoms. The summed E-state index contributed by atoms with van der Waals surface area (Å²) in [6.45, 7) is 8.33. The van der Waals surface area contributed by atoms with Crippen molar-refractivity contribution in [3.63, 3.8) is 0 Å². The number of hydrogen-bond donors (Lipinski definition) is 0. The largest absolute Gasteiger partial charge is 0.417 e. The summed E-state index contributed by atoms with van der Waals surface area (Å²) in [6, 6.07) is 13.6. The molecular formula is C31H27F3N+. The molecule has 35 heavy (non-hydrogen) atoms. The van der Waals surface area contributed by atoms with Gasteiger partial charge in [-0.2, -0.15) is 13.2 Å². The molecule has 0 saturated carbocycles. The average molecular weight is 471 g/mol. The van der Waals surface area contributed by atoms with Crippen molar-refractivity contribution in [2.45, 2.75) is 46.7 Å². The highest BCUT2D eigenvalue weighted by Gasteiger charge is 2.41. The molecule has 3 aromatic carbocycles. The Balaban J connectivity index is 1.64. The van der Waals surface area contributed by atoms with Gasteiger partial charge in [0, 0.05) is 23.6 Å². The SMILES string of the molecule is Cc1ccc2c(c1)Cc1c3c(cc(C(F)(F)F)c1-2)-c1cc[n+](C)c(-c2cc(C)cc(C)c2C)c1C3. The molecule has 6 rings (SSSR count). The Hall–Kier alpha value is -3.40. The molecule has 0 radical (unpaired) electrons. The van der Waals surface area contributed by atoms with Crippen LogP contribution in [0, 0.1) is 27.7 Å². The second kappa shape index (κ2) is 7.30. The lowest BCUT2D eigenvalue weighted by atomic mass is 9.91. The van der Waals surface area contributed by atoms with Crippen LogP contribution in [-0.4, -0.2) is 0 Å². The van der Waals surface area contributed by atoms with E-state index in [1.165, 1.54) is 22.8 Å². The summed E-state index contributed by atoms with van der Waals surface area (Å²) in [6.07, 6.45) is -1.23. The van der Waals surface area contributed by atoms with Crippen LogP contribution in [0.2, 0.25) is 0 Å². The van der Waals surface area contributed by atoms with Crippen molar-refractivity contribution >= 4 is 0 Å². The molecule has 1 nitrogen and oxygen atoms in total. The first-order valence-electron chi connectivity index (χ1n) is 12.0. The molecule has 0 saturated heterocycles. The molecule has 4 aromatic rings. The Bertz CT molecular complexity index is 1570. The van der Waals surface area contributed by atoms with Gasteiger partial charge in [-0.05, 0) is 96.3 Å². The highest BCUT2D eigenvalue weighted by atomic mass is 19.4. The number of pyridine rings is 1. The van der Waals surface area contributed by atoms with Crippen molar-refractivity contribution in [2.24, 2.45) is 7.05 Å². The van der Waals surface area contributed by atoms with E-state index < -0.39 is 11.7 Å². The van der Waals surface area contributed by atoms with Crippen LogP contribution >= 0.6 is 0 Å². The lowest BCUT2D eigenvalue weighted by Crippen LogP contribution is -2.32. The van der Waals surface area contributed by atoms with Gasteiger partial charge >= 0.3 is 6.18 Å². The lowest BCUT2D eigenvalue weighted by Gasteiger charge is -2.17. The van der Waals surface area contributed by atoms with E-state index in [0.29, 0.717) is 18.4 Å². The number of hydrogen-bond acceptors (Lipinski definition) is 0. The lowest BCUT2D eigenvalue weighted by molar-refractivity contribution is -0.660. The van der Waals surface area contributed by atoms with Gasteiger partial charge in [0.25, 0.3) is 0 Å². The number of nitrogens with zero attached hydrogens (tertiary/aromatic N) is 1. The standard InChI is InChI=1S/C31H27F3N/c1-16-6-7-21-20(11-16)13-26-24-14-27-22(25(24)15-28(29(21)26)31(32,33)34)8-9-35(5)30(27)23-12-17(2)10-18(3)19(23)4/h6-12,15H,13-14H2,1-5H3/q+1. The van der Waals surface area contributed by atoms with Crippen molar-refractivity contribution in [3.8, 4) is 33.5 Å². The summed E-state index contributed by atoms with van der Waals surface area (Å²) in [5.41, 5.74) is 13.2. The van der Waals surface area contributed by atoms with Crippen LogP contribution in [0.25, 0.3) is 33.5 Å². The fraction of sp³-hybridized carbons (Fsp3) is 0.258. The van der Waals surface area contributed by atoms with Crippen molar-refractivity contribution in [1.82, 2.24) is 0 Å². The van der Waals surface area contributed by atoms with Gasteiger partial charge in [0.1, 0.15) is 7.05 Å². The molecule has 0 fully saturated rings. The first-order chi connectivity index (χ1) is 16.5. The molecule has 2 aliphatic carbocycles. The second-order valence-corrected chi connectivity index (χ2v) is 10.2. The molecular weight excluding hydrogens is 443 g/mol. The predicted octanol–water partition coefficient (Wildman–Crippen LogP) is 7.57. The van der Waals surface area contributed by atoms with Gasteiger partial charge < -0.3 is 0 Å². The van der Waals surface area contributed by atoms with Gasteiger partial charge in [-0.1, -0.05) is 35.4 Å². The molecule has 0 unspecified atom stereocenters. The first-order valence-corrected chi connectivity index (χ1v) is 12.0. The fourth-order valence-electron chi connectivity index (χ4n) is 6.20. The molecule has 0 atom stereocenters. The van der Waals surface area contributed by atoms with E-state index in [-0.39, 0.29) is 0 Å². The van der Waals surface area contributed by atoms with Crippen molar-refractivity contribution in [2.75, 3.05) is 0 Å². The Morgan fingerprint density at radius 1 is 0.714 bits per heavy atom. The van der Waals surface area contributed by atoms with Crippen LogP contribution in [0.1, 0.15) is 50.1 Å². The summed E-state index contributed by atoms with van der Waals surface area (Å²) >= 11 is 0. The van der Waals surface area contributed by atoms with Crippen LogP contribution in [0.5, 0.6) is 0 Å². The number of aryl methyl sites for hydroxylation is 4. The van der Waals surface area contributed by atoms with Gasteiger partial charge in [0.15, 0.2) is 6.20 Å². The maximum Gasteiger partial charge on any atom is 0.417 e. The highest BCUT2D eigenvalue weighted by Crippen LogP contribution is 2.52. The normalized spacial score (nSPS) is 13.5. The van der Waals surface area contributed by atoms with E-state index >= 15 is 0 Å². The Kier molecular flexibility index (Phi) is 4.61. The number of rotatable bonds is 1. The van der Waals surface area contributed by atoms with Gasteiger partial charge in [0.2, 0.25) is 5.69 Å². The number of alkyl halides is 3. The van der Waals surface area contributed by atoms with Crippen LogP contribution in [-0.2, 0) is 26.1 Å². The van der Waals surface area contributed by atoms with Gasteiger partial charge in [0.05, 0.1) is 5.56 Å². The van der Waals surface area contributed by atoms with Gasteiger partial charge in [-0.15, -0.1) is 0 Å². The van der Waals surface area contributed by atoms with Crippen LogP contribution in [0.4, 0.5) is 13.2 Å². The van der Waals surface area contributed by atoms with E-state index in [4.69, 9.17) is 0 Å². The molecule has 0 N–H and O–H groups in total. The van der Waals surface area contributed by atoms with E-state index in [2.05, 4.69) is 37.5 Å². The molecule has 0 amide bonds. The highest BCUT2D eigenvalue weighted by molar-refractivity contribution is 5.91. The fourth-order valence-corrected chi connectivity index (χ4v) is 6.20. The molecule has 176 valence electrons. The van der Waals surface area contributed by atoms with E-state index in [1.807, 2.05) is 44.4 Å². The average Bonchev–Trinajstić information content (AvgIpc) is 3.33. The van der Waals surface area contributed by atoms with E-state index in [1.54, 1.807) is 0 Å². The summed E-state index contributed by atoms with van der Waals surface area (Å²) in [5, 5.41) is 0. The van der Waals surface area contributed by atoms with Gasteiger partial charge in [-0.25, -0.2) is 4.57 Å². The van der Waals surface area contributed by atoms with Crippen LogP contribution in [0.15, 0.2) is 48.7 Å². The van der Waals surface area contributed by atoms with E-state index in [0.717, 1.165) is 55.8 Å². The quantitative estimate of drug-likeness (QED) is 0.218. The minimum atomic E-state index is -4.42. The third-order valence-electron chi connectivity index (χ3n) is 7.89. The summed E-state index contributed by atoms with van der Waals surface area (Å²) in [4.78, 5) is 0. The number of fused-ring (bicyclic) bond motifs is 7.